The molecule has 2 fully saturated rings. The van der Waals surface area contributed by atoms with Gasteiger partial charge in [0.2, 0.25) is 0 Å². The van der Waals surface area contributed by atoms with Crippen LogP contribution in [0, 0.1) is 17.2 Å². The van der Waals surface area contributed by atoms with Gasteiger partial charge in [0.05, 0.1) is 30.2 Å². The molecule has 124 valence electrons. The number of anilines is 1. The third kappa shape index (κ3) is 1.96. The second-order valence-corrected chi connectivity index (χ2v) is 6.69. The van der Waals surface area contributed by atoms with Crippen LogP contribution >= 0.6 is 0 Å². The predicted molar refractivity (Wildman–Crippen MR) is 89.8 cm³/mol. The molecule has 0 amide bonds. The molecule has 1 aromatic rings. The topological polar surface area (TPSA) is 56.6 Å². The zero-order chi connectivity index (χ0) is 16.7. The molecule has 5 heteroatoms. The maximum absolute atomic E-state index is 12.6. The Morgan fingerprint density at radius 2 is 2.21 bits per heavy atom. The highest BCUT2D eigenvalue weighted by molar-refractivity contribution is 5.78. The second-order valence-electron chi connectivity index (χ2n) is 6.69. The summed E-state index contributed by atoms with van der Waals surface area (Å²) in [6.07, 6.45) is 4.77. The molecule has 0 unspecified atom stereocenters. The van der Waals surface area contributed by atoms with Crippen molar-refractivity contribution in [3.8, 4) is 6.07 Å². The molecule has 24 heavy (non-hydrogen) atoms. The summed E-state index contributed by atoms with van der Waals surface area (Å²) in [5.74, 6) is -0.477. The molecule has 4 rings (SSSR count). The molecule has 0 saturated carbocycles. The summed E-state index contributed by atoms with van der Waals surface area (Å²) < 4.78 is 5.34. The van der Waals surface area contributed by atoms with Crippen molar-refractivity contribution in [1.29, 1.82) is 5.26 Å². The Morgan fingerprint density at radius 1 is 1.42 bits per heavy atom. The predicted octanol–water partition coefficient (Wildman–Crippen LogP) is 2.66. The molecule has 3 aliphatic rings. The van der Waals surface area contributed by atoms with E-state index in [4.69, 9.17) is 4.74 Å². The van der Waals surface area contributed by atoms with Gasteiger partial charge in [-0.1, -0.05) is 18.2 Å². The summed E-state index contributed by atoms with van der Waals surface area (Å²) in [6.45, 7) is 3.13. The summed E-state index contributed by atoms with van der Waals surface area (Å²) >= 11 is 0. The van der Waals surface area contributed by atoms with Crippen LogP contribution in [-0.2, 0) is 9.53 Å². The third-order valence-corrected chi connectivity index (χ3v) is 5.53. The van der Waals surface area contributed by atoms with E-state index in [2.05, 4.69) is 28.0 Å². The first-order valence-corrected chi connectivity index (χ1v) is 8.61. The molecule has 0 aliphatic carbocycles. The van der Waals surface area contributed by atoms with E-state index in [-0.39, 0.29) is 23.6 Å². The normalized spacial score (nSPS) is 30.6. The molecule has 0 radical (unpaired) electrons. The molecule has 2 bridgehead atoms. The lowest BCUT2D eigenvalue weighted by Crippen LogP contribution is -2.57. The molecular weight excluding hydrogens is 302 g/mol. The van der Waals surface area contributed by atoms with E-state index in [1.165, 1.54) is 0 Å². The fraction of sp³-hybridized carbons (Fsp3) is 0.474. The van der Waals surface area contributed by atoms with Crippen molar-refractivity contribution in [1.82, 2.24) is 4.90 Å². The Morgan fingerprint density at radius 3 is 2.92 bits per heavy atom. The van der Waals surface area contributed by atoms with Gasteiger partial charge in [0.1, 0.15) is 5.66 Å². The minimum absolute atomic E-state index is 0.185. The standard InChI is InChI=1S/C19H21N3O2/c1-2-24-18(23)16-11-19-9-6-10-21(19)13-14(12-20)17(16)22(19)15-7-4-3-5-8-15/h3-5,7-8,13,16-17H,2,6,9-11H2,1H3/t16-,17-,19+/m1/s1. The fourth-order valence-corrected chi connectivity index (χ4v) is 4.69. The molecule has 3 aliphatic heterocycles. The summed E-state index contributed by atoms with van der Waals surface area (Å²) in [6, 6.07) is 12.3. The number of carbonyl (C=O) groups excluding carboxylic acids is 1. The lowest BCUT2D eigenvalue weighted by Gasteiger charge is -2.48. The first-order valence-electron chi connectivity index (χ1n) is 8.61. The van der Waals surface area contributed by atoms with E-state index < -0.39 is 0 Å². The number of nitrogens with zero attached hydrogens (tertiary/aromatic N) is 3. The maximum atomic E-state index is 12.6. The first-order chi connectivity index (χ1) is 11.7. The maximum Gasteiger partial charge on any atom is 0.311 e. The highest BCUT2D eigenvalue weighted by Gasteiger charge is 2.61. The van der Waals surface area contributed by atoms with E-state index in [0.29, 0.717) is 18.6 Å². The van der Waals surface area contributed by atoms with Gasteiger partial charge in [-0.15, -0.1) is 0 Å². The van der Waals surface area contributed by atoms with Gasteiger partial charge in [0.15, 0.2) is 0 Å². The van der Waals surface area contributed by atoms with Gasteiger partial charge in [0, 0.05) is 24.9 Å². The van der Waals surface area contributed by atoms with Crippen LogP contribution in [0.1, 0.15) is 26.2 Å². The molecule has 1 aromatic carbocycles. The quantitative estimate of drug-likeness (QED) is 0.801. The van der Waals surface area contributed by atoms with Crippen LogP contribution in [0.3, 0.4) is 0 Å². The lowest BCUT2D eigenvalue weighted by atomic mass is 9.93. The van der Waals surface area contributed by atoms with Crippen LogP contribution < -0.4 is 4.90 Å². The molecule has 5 nitrogen and oxygen atoms in total. The Balaban J connectivity index is 1.85. The number of para-hydroxylation sites is 1. The first kappa shape index (κ1) is 15.1. The molecule has 0 N–H and O–H groups in total. The summed E-state index contributed by atoms with van der Waals surface area (Å²) in [4.78, 5) is 17.2. The monoisotopic (exact) mass is 323 g/mol. The molecule has 1 spiro atoms. The largest absolute Gasteiger partial charge is 0.466 e. The Labute approximate surface area is 142 Å². The van der Waals surface area contributed by atoms with Crippen molar-refractivity contribution in [2.75, 3.05) is 18.1 Å². The van der Waals surface area contributed by atoms with Crippen LogP contribution in [0.25, 0.3) is 0 Å². The van der Waals surface area contributed by atoms with Crippen LogP contribution in [0.2, 0.25) is 0 Å². The lowest BCUT2D eigenvalue weighted by molar-refractivity contribution is -0.148. The number of nitriles is 1. The zero-order valence-electron chi connectivity index (χ0n) is 13.8. The third-order valence-electron chi connectivity index (χ3n) is 5.53. The number of hydrogen-bond donors (Lipinski definition) is 0. The van der Waals surface area contributed by atoms with Crippen LogP contribution in [0.4, 0.5) is 5.69 Å². The number of ether oxygens (including phenoxy) is 1. The van der Waals surface area contributed by atoms with Gasteiger partial charge in [0.25, 0.3) is 0 Å². The molecule has 0 aromatic heterocycles. The number of esters is 1. The second kappa shape index (κ2) is 5.55. The van der Waals surface area contributed by atoms with Crippen molar-refractivity contribution < 1.29 is 9.53 Å². The number of benzene rings is 1. The summed E-state index contributed by atoms with van der Waals surface area (Å²) in [5, 5.41) is 9.70. The van der Waals surface area contributed by atoms with Crippen LogP contribution in [-0.4, -0.2) is 35.7 Å². The number of fused-ring (bicyclic) bond motifs is 1. The number of hydrogen-bond acceptors (Lipinski definition) is 5. The highest BCUT2D eigenvalue weighted by atomic mass is 16.5. The molecular formula is C19H21N3O2. The summed E-state index contributed by atoms with van der Waals surface area (Å²) in [5.41, 5.74) is 1.53. The molecule has 3 atom stereocenters. The SMILES string of the molecule is CCOC(=O)[C@@H]1C[C@@]23CCCN2C=C(C#N)[C@H]1N3c1ccccc1. The Hall–Kier alpha value is -2.48. The molecule has 3 heterocycles. The number of rotatable bonds is 3. The summed E-state index contributed by atoms with van der Waals surface area (Å²) in [7, 11) is 0. The average molecular weight is 323 g/mol. The van der Waals surface area contributed by atoms with Gasteiger partial charge in [-0.25, -0.2) is 0 Å². The number of carbonyl (C=O) groups is 1. The van der Waals surface area contributed by atoms with Crippen molar-refractivity contribution in [3.63, 3.8) is 0 Å². The molecule has 2 saturated heterocycles. The fourth-order valence-electron chi connectivity index (χ4n) is 4.69. The van der Waals surface area contributed by atoms with Crippen LogP contribution in [0.5, 0.6) is 0 Å². The van der Waals surface area contributed by atoms with Crippen molar-refractivity contribution in [2.45, 2.75) is 37.9 Å². The van der Waals surface area contributed by atoms with Crippen molar-refractivity contribution in [2.24, 2.45) is 5.92 Å². The van der Waals surface area contributed by atoms with E-state index in [1.54, 1.807) is 0 Å². The van der Waals surface area contributed by atoms with Gasteiger partial charge in [-0.05, 0) is 31.9 Å². The van der Waals surface area contributed by atoms with E-state index in [9.17, 15) is 10.1 Å². The Bertz CT molecular complexity index is 724. The average Bonchev–Trinajstić information content (AvgIpc) is 3.14. The zero-order valence-corrected chi connectivity index (χ0v) is 13.8. The minimum atomic E-state index is -0.292. The van der Waals surface area contributed by atoms with Gasteiger partial charge in [-0.2, -0.15) is 5.26 Å². The van der Waals surface area contributed by atoms with Crippen molar-refractivity contribution >= 4 is 11.7 Å². The smallest absolute Gasteiger partial charge is 0.311 e. The highest BCUT2D eigenvalue weighted by Crippen LogP contribution is 2.53. The Kier molecular flexibility index (Phi) is 3.49. The van der Waals surface area contributed by atoms with E-state index >= 15 is 0 Å². The minimum Gasteiger partial charge on any atom is -0.466 e. The van der Waals surface area contributed by atoms with E-state index in [1.807, 2.05) is 31.3 Å². The van der Waals surface area contributed by atoms with Gasteiger partial charge < -0.3 is 14.5 Å². The van der Waals surface area contributed by atoms with Gasteiger partial charge in [-0.3, -0.25) is 4.79 Å². The van der Waals surface area contributed by atoms with E-state index in [0.717, 1.165) is 25.1 Å². The van der Waals surface area contributed by atoms with Crippen LogP contribution in [0.15, 0.2) is 42.1 Å². The van der Waals surface area contributed by atoms with Gasteiger partial charge >= 0.3 is 5.97 Å². The van der Waals surface area contributed by atoms with Crippen molar-refractivity contribution in [3.05, 3.63) is 42.1 Å².